The van der Waals surface area contributed by atoms with Crippen LogP contribution in [-0.2, 0) is 11.2 Å². The van der Waals surface area contributed by atoms with Crippen molar-refractivity contribution in [2.45, 2.75) is 38.8 Å². The summed E-state index contributed by atoms with van der Waals surface area (Å²) >= 11 is 0. The zero-order chi connectivity index (χ0) is 13.2. The molecule has 1 N–H and O–H groups in total. The third-order valence-electron chi connectivity index (χ3n) is 2.51. The number of carbonyl (C=O) groups excluding carboxylic acids is 1. The van der Waals surface area contributed by atoms with Crippen molar-refractivity contribution in [1.29, 1.82) is 0 Å². The van der Waals surface area contributed by atoms with Crippen molar-refractivity contribution < 1.29 is 14.3 Å². The van der Waals surface area contributed by atoms with Gasteiger partial charge in [-0.1, -0.05) is 12.1 Å². The lowest BCUT2D eigenvalue weighted by Crippen LogP contribution is -2.44. The van der Waals surface area contributed by atoms with E-state index in [0.717, 1.165) is 17.7 Å². The average Bonchev–Trinajstić information content (AvgIpc) is 2.26. The van der Waals surface area contributed by atoms with Gasteiger partial charge in [0.15, 0.2) is 0 Å². The Kier molecular flexibility index (Phi) is 3.45. The highest BCUT2D eigenvalue weighted by molar-refractivity contribution is 5.68. The fourth-order valence-electron chi connectivity index (χ4n) is 1.81. The van der Waals surface area contributed by atoms with Gasteiger partial charge < -0.3 is 14.8 Å². The lowest BCUT2D eigenvalue weighted by Gasteiger charge is -2.27. The van der Waals surface area contributed by atoms with Crippen LogP contribution in [-0.4, -0.2) is 24.3 Å². The van der Waals surface area contributed by atoms with Gasteiger partial charge in [0.25, 0.3) is 0 Å². The Balaban J connectivity index is 1.92. The molecular formula is C14H18NO3. The molecule has 2 rings (SSSR count). The largest absolute Gasteiger partial charge is 0.491 e. The number of benzene rings is 1. The molecule has 1 aliphatic heterocycles. The summed E-state index contributed by atoms with van der Waals surface area (Å²) in [6.07, 6.45) is 0.311. The molecule has 0 spiro atoms. The number of rotatable bonds is 1. The number of hydrogen-bond acceptors (Lipinski definition) is 3. The first-order valence-electron chi connectivity index (χ1n) is 6.06. The van der Waals surface area contributed by atoms with Gasteiger partial charge in [0, 0.05) is 12.0 Å². The van der Waals surface area contributed by atoms with Crippen LogP contribution in [0.3, 0.4) is 0 Å². The monoisotopic (exact) mass is 248 g/mol. The summed E-state index contributed by atoms with van der Waals surface area (Å²) in [6.45, 7) is 5.98. The number of ether oxygens (including phenoxy) is 2. The molecule has 1 amide bonds. The van der Waals surface area contributed by atoms with Crippen molar-refractivity contribution in [2.75, 3.05) is 6.61 Å². The summed E-state index contributed by atoms with van der Waals surface area (Å²) in [5.74, 6) is 0.847. The van der Waals surface area contributed by atoms with Crippen LogP contribution in [0.4, 0.5) is 4.79 Å². The molecule has 1 radical (unpaired) electrons. The van der Waals surface area contributed by atoms with Gasteiger partial charge in [0.1, 0.15) is 18.0 Å². The molecule has 0 aliphatic carbocycles. The topological polar surface area (TPSA) is 47.6 Å². The fourth-order valence-corrected chi connectivity index (χ4v) is 1.81. The van der Waals surface area contributed by atoms with E-state index in [4.69, 9.17) is 9.47 Å². The van der Waals surface area contributed by atoms with Gasteiger partial charge in [0.05, 0.1) is 6.04 Å². The van der Waals surface area contributed by atoms with E-state index in [2.05, 4.69) is 11.4 Å². The van der Waals surface area contributed by atoms with Gasteiger partial charge in [-0.3, -0.25) is 0 Å². The molecule has 4 heteroatoms. The molecule has 1 aromatic carbocycles. The Morgan fingerprint density at radius 3 is 3.06 bits per heavy atom. The maximum Gasteiger partial charge on any atom is 0.408 e. The first-order valence-corrected chi connectivity index (χ1v) is 6.06. The first kappa shape index (κ1) is 12.7. The molecular weight excluding hydrogens is 230 g/mol. The van der Waals surface area contributed by atoms with Crippen molar-refractivity contribution >= 4 is 6.09 Å². The number of nitrogens with one attached hydrogen (secondary N) is 1. The Morgan fingerprint density at radius 1 is 1.56 bits per heavy atom. The van der Waals surface area contributed by atoms with Crippen LogP contribution in [0.1, 0.15) is 26.3 Å². The van der Waals surface area contributed by atoms with E-state index in [1.54, 1.807) is 0 Å². The van der Waals surface area contributed by atoms with E-state index >= 15 is 0 Å². The number of amides is 1. The molecule has 0 unspecified atom stereocenters. The van der Waals surface area contributed by atoms with Crippen molar-refractivity contribution in [3.05, 3.63) is 29.8 Å². The van der Waals surface area contributed by atoms with E-state index in [0.29, 0.717) is 6.61 Å². The zero-order valence-electron chi connectivity index (χ0n) is 10.9. The van der Waals surface area contributed by atoms with Crippen molar-refractivity contribution in [3.63, 3.8) is 0 Å². The Bertz CT molecular complexity index is 437. The molecule has 0 bridgehead atoms. The molecule has 4 nitrogen and oxygen atoms in total. The minimum absolute atomic E-state index is 0.0639. The van der Waals surface area contributed by atoms with Gasteiger partial charge in [-0.15, -0.1) is 0 Å². The maximum atomic E-state index is 11.6. The highest BCUT2D eigenvalue weighted by Crippen LogP contribution is 2.23. The van der Waals surface area contributed by atoms with Gasteiger partial charge in [0.2, 0.25) is 0 Å². The molecule has 1 heterocycles. The number of carbonyl (C=O) groups is 1. The second-order valence-electron chi connectivity index (χ2n) is 5.37. The van der Waals surface area contributed by atoms with Crippen LogP contribution in [0.25, 0.3) is 0 Å². The quantitative estimate of drug-likeness (QED) is 0.829. The average molecular weight is 248 g/mol. The van der Waals surface area contributed by atoms with Crippen LogP contribution >= 0.6 is 0 Å². The zero-order valence-corrected chi connectivity index (χ0v) is 10.9. The van der Waals surface area contributed by atoms with E-state index in [-0.39, 0.29) is 6.04 Å². The molecule has 1 atom stereocenters. The van der Waals surface area contributed by atoms with Crippen LogP contribution < -0.4 is 10.1 Å². The molecule has 18 heavy (non-hydrogen) atoms. The first-order chi connectivity index (χ1) is 8.44. The minimum atomic E-state index is -0.483. The molecule has 0 saturated carbocycles. The smallest absolute Gasteiger partial charge is 0.408 e. The SMILES string of the molecule is CC(C)(C)OC(=O)N[C@@H]1COc2ccc[c]c2C1. The van der Waals surface area contributed by atoms with E-state index < -0.39 is 11.7 Å². The van der Waals surface area contributed by atoms with E-state index in [1.807, 2.05) is 39.0 Å². The minimum Gasteiger partial charge on any atom is -0.491 e. The molecule has 1 aromatic rings. The highest BCUT2D eigenvalue weighted by atomic mass is 16.6. The lowest BCUT2D eigenvalue weighted by molar-refractivity contribution is 0.0481. The van der Waals surface area contributed by atoms with Crippen molar-refractivity contribution in [3.8, 4) is 5.75 Å². The van der Waals surface area contributed by atoms with E-state index in [1.165, 1.54) is 0 Å². The van der Waals surface area contributed by atoms with Crippen molar-refractivity contribution in [2.24, 2.45) is 0 Å². The molecule has 0 aromatic heterocycles. The normalized spacial score (nSPS) is 18.5. The molecule has 1 aliphatic rings. The van der Waals surface area contributed by atoms with Crippen LogP contribution in [0, 0.1) is 6.07 Å². The second kappa shape index (κ2) is 4.88. The standard InChI is InChI=1S/C14H18NO3/c1-14(2,3)18-13(16)15-11-8-10-6-4-5-7-12(10)17-9-11/h4-5,7,11H,8-9H2,1-3H3,(H,15,16)/t11-/m0/s1. The summed E-state index contributed by atoms with van der Waals surface area (Å²) in [7, 11) is 0. The molecule has 0 saturated heterocycles. The number of fused-ring (bicyclic) bond motifs is 1. The van der Waals surface area contributed by atoms with Gasteiger partial charge >= 0.3 is 6.09 Å². The third kappa shape index (κ3) is 3.39. The summed E-state index contributed by atoms with van der Waals surface area (Å²) in [6, 6.07) is 8.71. The van der Waals surface area contributed by atoms with Crippen LogP contribution in [0.15, 0.2) is 18.2 Å². The summed E-state index contributed by atoms with van der Waals surface area (Å²) in [5.41, 5.74) is 0.508. The summed E-state index contributed by atoms with van der Waals surface area (Å²) in [5, 5.41) is 2.81. The Morgan fingerprint density at radius 2 is 2.33 bits per heavy atom. The van der Waals surface area contributed by atoms with Gasteiger partial charge in [-0.25, -0.2) is 4.79 Å². The number of hydrogen-bond donors (Lipinski definition) is 1. The highest BCUT2D eigenvalue weighted by Gasteiger charge is 2.23. The predicted molar refractivity (Wildman–Crippen MR) is 67.6 cm³/mol. The fraction of sp³-hybridized carbons (Fsp3) is 0.500. The van der Waals surface area contributed by atoms with Gasteiger partial charge in [-0.05, 0) is 32.9 Å². The predicted octanol–water partition coefficient (Wildman–Crippen LogP) is 2.31. The number of alkyl carbamates (subject to hydrolysis) is 1. The van der Waals surface area contributed by atoms with Crippen molar-refractivity contribution in [1.82, 2.24) is 5.32 Å². The molecule has 0 fully saturated rings. The summed E-state index contributed by atoms with van der Waals surface area (Å²) in [4.78, 5) is 11.6. The van der Waals surface area contributed by atoms with E-state index in [9.17, 15) is 4.79 Å². The van der Waals surface area contributed by atoms with Crippen LogP contribution in [0.5, 0.6) is 5.75 Å². The summed E-state index contributed by atoms with van der Waals surface area (Å²) < 4.78 is 10.8. The Hall–Kier alpha value is -1.71. The Labute approximate surface area is 107 Å². The maximum absolute atomic E-state index is 11.6. The third-order valence-corrected chi connectivity index (χ3v) is 2.51. The second-order valence-corrected chi connectivity index (χ2v) is 5.37. The van der Waals surface area contributed by atoms with Gasteiger partial charge in [-0.2, -0.15) is 0 Å². The molecule has 97 valence electrons. The lowest BCUT2D eigenvalue weighted by atomic mass is 10.0. The van der Waals surface area contributed by atoms with Crippen LogP contribution in [0.2, 0.25) is 0 Å².